The molecule has 2 saturated heterocycles. The van der Waals surface area contributed by atoms with Crippen molar-refractivity contribution in [3.63, 3.8) is 0 Å². The van der Waals surface area contributed by atoms with Gasteiger partial charge in [-0.1, -0.05) is 0 Å². The van der Waals surface area contributed by atoms with Crippen LogP contribution in [0.2, 0.25) is 0 Å². The van der Waals surface area contributed by atoms with Crippen LogP contribution < -0.4 is 5.32 Å². The molecule has 4 fully saturated rings. The molecule has 0 aromatic rings. The third-order valence-corrected chi connectivity index (χ3v) is 3.81. The zero-order valence-electron chi connectivity index (χ0n) is 6.34. The van der Waals surface area contributed by atoms with Crippen LogP contribution in [-0.2, 0) is 0 Å². The molecule has 0 aromatic heterocycles. The largest absolute Gasteiger partial charge is 0.314 e. The van der Waals surface area contributed by atoms with Gasteiger partial charge in [0.1, 0.15) is 0 Å². The molecule has 1 nitrogen and oxygen atoms in total. The summed E-state index contributed by atoms with van der Waals surface area (Å²) in [6, 6.07) is 0.919. The van der Waals surface area contributed by atoms with E-state index in [1.165, 1.54) is 19.4 Å². The van der Waals surface area contributed by atoms with Crippen molar-refractivity contribution in [2.75, 3.05) is 6.54 Å². The first-order valence-corrected chi connectivity index (χ1v) is 4.65. The monoisotopic (exact) mass is 137 g/mol. The second-order valence-corrected chi connectivity index (χ2v) is 4.43. The van der Waals surface area contributed by atoms with Gasteiger partial charge in [0.15, 0.2) is 0 Å². The summed E-state index contributed by atoms with van der Waals surface area (Å²) in [5.41, 5.74) is 0. The summed E-state index contributed by atoms with van der Waals surface area (Å²) in [5.74, 6) is 3.32. The lowest BCUT2D eigenvalue weighted by atomic mass is 10.0. The molecular formula is C9H15N. The van der Waals surface area contributed by atoms with E-state index in [1.807, 2.05) is 0 Å². The average Bonchev–Trinajstić information content (AvgIpc) is 2.15. The molecule has 1 N–H and O–H groups in total. The quantitative estimate of drug-likeness (QED) is 0.532. The van der Waals surface area contributed by atoms with Gasteiger partial charge < -0.3 is 5.32 Å². The van der Waals surface area contributed by atoms with Crippen molar-refractivity contribution < 1.29 is 0 Å². The van der Waals surface area contributed by atoms with Gasteiger partial charge in [-0.2, -0.15) is 0 Å². The summed E-state index contributed by atoms with van der Waals surface area (Å²) in [4.78, 5) is 0. The van der Waals surface area contributed by atoms with Gasteiger partial charge in [-0.15, -0.1) is 0 Å². The summed E-state index contributed by atoms with van der Waals surface area (Å²) in [6.07, 6.45) is 6.10. The van der Waals surface area contributed by atoms with Gasteiger partial charge in [0.2, 0.25) is 0 Å². The van der Waals surface area contributed by atoms with E-state index in [9.17, 15) is 0 Å². The number of nitrogens with one attached hydrogen (secondary N) is 1. The maximum atomic E-state index is 3.66. The Morgan fingerprint density at radius 3 is 2.30 bits per heavy atom. The standard InChI is InChI=1S/C9H15N/c1-6-2-8-4-9(10-5-6)3-7(1)8/h6-10H,1-5H2. The highest BCUT2D eigenvalue weighted by atomic mass is 14.9. The van der Waals surface area contributed by atoms with Gasteiger partial charge in [0.25, 0.3) is 0 Å². The summed E-state index contributed by atoms with van der Waals surface area (Å²) in [5, 5.41) is 3.66. The summed E-state index contributed by atoms with van der Waals surface area (Å²) in [6.45, 7) is 1.33. The molecule has 2 heterocycles. The Hall–Kier alpha value is -0.0400. The lowest BCUT2D eigenvalue weighted by Gasteiger charge is -2.08. The second-order valence-electron chi connectivity index (χ2n) is 4.43. The lowest BCUT2D eigenvalue weighted by molar-refractivity contribution is 0.457. The van der Waals surface area contributed by atoms with Crippen LogP contribution in [0.25, 0.3) is 0 Å². The van der Waals surface area contributed by atoms with Crippen LogP contribution in [0.1, 0.15) is 25.7 Å². The van der Waals surface area contributed by atoms with Crippen LogP contribution in [-0.4, -0.2) is 12.6 Å². The Kier molecular flexibility index (Phi) is 0.984. The number of hydrogen-bond donors (Lipinski definition) is 1. The molecular weight excluding hydrogens is 122 g/mol. The maximum Gasteiger partial charge on any atom is 0.00726 e. The molecule has 2 aliphatic carbocycles. The van der Waals surface area contributed by atoms with Gasteiger partial charge in [0.05, 0.1) is 0 Å². The van der Waals surface area contributed by atoms with Gasteiger partial charge in [-0.05, 0) is 50.0 Å². The van der Waals surface area contributed by atoms with Crippen LogP contribution in [0.15, 0.2) is 0 Å². The lowest BCUT2D eigenvalue weighted by Crippen LogP contribution is -2.27. The van der Waals surface area contributed by atoms with Crippen LogP contribution >= 0.6 is 0 Å². The van der Waals surface area contributed by atoms with Crippen molar-refractivity contribution in [2.24, 2.45) is 17.8 Å². The average molecular weight is 137 g/mol. The molecule has 0 spiro atoms. The fraction of sp³-hybridized carbons (Fsp3) is 1.00. The van der Waals surface area contributed by atoms with Crippen molar-refractivity contribution in [3.8, 4) is 0 Å². The smallest absolute Gasteiger partial charge is 0.00726 e. The second kappa shape index (κ2) is 1.76. The molecule has 1 heteroatoms. The molecule has 56 valence electrons. The first kappa shape index (κ1) is 5.59. The van der Waals surface area contributed by atoms with E-state index in [1.54, 1.807) is 12.8 Å². The fourth-order valence-electron chi connectivity index (χ4n) is 3.41. The van der Waals surface area contributed by atoms with E-state index in [2.05, 4.69) is 5.32 Å². The van der Waals surface area contributed by atoms with Crippen molar-refractivity contribution in [2.45, 2.75) is 31.7 Å². The molecule has 4 aliphatic rings. The number of fused-ring (bicyclic) bond motifs is 1. The predicted molar refractivity (Wildman–Crippen MR) is 40.7 cm³/mol. The first-order chi connectivity index (χ1) is 4.92. The van der Waals surface area contributed by atoms with Gasteiger partial charge in [-0.25, -0.2) is 0 Å². The molecule has 0 radical (unpaired) electrons. The molecule has 4 rings (SSSR count). The fourth-order valence-corrected chi connectivity index (χ4v) is 3.41. The zero-order chi connectivity index (χ0) is 6.55. The zero-order valence-corrected chi connectivity index (χ0v) is 6.34. The molecule has 10 heavy (non-hydrogen) atoms. The number of rotatable bonds is 0. The van der Waals surface area contributed by atoms with Gasteiger partial charge in [-0.3, -0.25) is 0 Å². The molecule has 2 aliphatic heterocycles. The van der Waals surface area contributed by atoms with E-state index in [0.29, 0.717) is 0 Å². The van der Waals surface area contributed by atoms with E-state index in [-0.39, 0.29) is 0 Å². The minimum absolute atomic E-state index is 0.919. The summed E-state index contributed by atoms with van der Waals surface area (Å²) in [7, 11) is 0. The van der Waals surface area contributed by atoms with E-state index < -0.39 is 0 Å². The van der Waals surface area contributed by atoms with Crippen LogP contribution in [0, 0.1) is 17.8 Å². The SMILES string of the molecule is C1NC2CC3CC1CC3C2. The molecule has 0 aromatic carbocycles. The summed E-state index contributed by atoms with van der Waals surface area (Å²) < 4.78 is 0. The minimum Gasteiger partial charge on any atom is -0.314 e. The highest BCUT2D eigenvalue weighted by Crippen LogP contribution is 2.48. The molecule has 2 atom stereocenters. The summed E-state index contributed by atoms with van der Waals surface area (Å²) >= 11 is 0. The van der Waals surface area contributed by atoms with E-state index in [0.717, 1.165) is 23.8 Å². The Morgan fingerprint density at radius 1 is 0.900 bits per heavy atom. The molecule has 0 amide bonds. The Bertz CT molecular complexity index is 125. The van der Waals surface area contributed by atoms with Crippen molar-refractivity contribution in [1.29, 1.82) is 0 Å². The minimum atomic E-state index is 0.919. The van der Waals surface area contributed by atoms with Crippen LogP contribution in [0.4, 0.5) is 0 Å². The van der Waals surface area contributed by atoms with Crippen molar-refractivity contribution in [3.05, 3.63) is 0 Å². The molecule has 4 bridgehead atoms. The van der Waals surface area contributed by atoms with E-state index >= 15 is 0 Å². The maximum absolute atomic E-state index is 3.66. The Labute approximate surface area is 62.2 Å². The van der Waals surface area contributed by atoms with Crippen molar-refractivity contribution >= 4 is 0 Å². The van der Waals surface area contributed by atoms with Crippen LogP contribution in [0.5, 0.6) is 0 Å². The van der Waals surface area contributed by atoms with Gasteiger partial charge in [0, 0.05) is 6.04 Å². The third kappa shape index (κ3) is 0.619. The van der Waals surface area contributed by atoms with E-state index in [4.69, 9.17) is 0 Å². The molecule has 2 unspecified atom stereocenters. The first-order valence-electron chi connectivity index (χ1n) is 4.65. The molecule has 2 saturated carbocycles. The normalized spacial score (nSPS) is 57.6. The highest BCUT2D eigenvalue weighted by molar-refractivity contribution is 4.98. The Morgan fingerprint density at radius 2 is 1.60 bits per heavy atom. The Balaban J connectivity index is 1.96. The number of hydrogen-bond acceptors (Lipinski definition) is 1. The topological polar surface area (TPSA) is 12.0 Å². The van der Waals surface area contributed by atoms with Gasteiger partial charge >= 0.3 is 0 Å². The van der Waals surface area contributed by atoms with Crippen LogP contribution in [0.3, 0.4) is 0 Å². The third-order valence-electron chi connectivity index (χ3n) is 3.81. The highest BCUT2D eigenvalue weighted by Gasteiger charge is 2.44. The predicted octanol–water partition coefficient (Wildman–Crippen LogP) is 1.39. The van der Waals surface area contributed by atoms with Crippen molar-refractivity contribution in [1.82, 2.24) is 5.32 Å².